The summed E-state index contributed by atoms with van der Waals surface area (Å²) in [7, 11) is 0. The van der Waals surface area contributed by atoms with E-state index in [4.69, 9.17) is 0 Å². The number of benzene rings is 2. The van der Waals surface area contributed by atoms with E-state index in [9.17, 15) is 34.9 Å². The largest absolute Gasteiger partial charge is 0.507 e. The average molecular weight is 452 g/mol. The second-order valence-corrected chi connectivity index (χ2v) is 7.51. The van der Waals surface area contributed by atoms with Crippen LogP contribution in [0.5, 0.6) is 0 Å². The number of carbonyl (C=O) groups is 2. The molecule has 0 radical (unpaired) electrons. The van der Waals surface area contributed by atoms with Crippen LogP contribution in [0.15, 0.2) is 65.7 Å². The van der Waals surface area contributed by atoms with E-state index < -0.39 is 33.3 Å². The molecule has 1 saturated heterocycles. The van der Waals surface area contributed by atoms with Crippen LogP contribution in [-0.4, -0.2) is 31.6 Å². The third-order valence-electron chi connectivity index (χ3n) is 4.82. The van der Waals surface area contributed by atoms with Gasteiger partial charge in [0.05, 0.1) is 21.5 Å². The average Bonchev–Trinajstić information content (AvgIpc) is 3.40. The highest BCUT2D eigenvalue weighted by Crippen LogP contribution is 2.43. The molecule has 12 heteroatoms. The Kier molecular flexibility index (Phi) is 5.20. The lowest BCUT2D eigenvalue weighted by atomic mass is 9.95. The Hall–Kier alpha value is -4.45. The predicted molar refractivity (Wildman–Crippen MR) is 113 cm³/mol. The van der Waals surface area contributed by atoms with E-state index in [0.29, 0.717) is 0 Å². The zero-order valence-electron chi connectivity index (χ0n) is 15.9. The molecule has 4 rings (SSSR count). The fourth-order valence-electron chi connectivity index (χ4n) is 3.39. The van der Waals surface area contributed by atoms with Gasteiger partial charge in [0, 0.05) is 41.4 Å². The highest BCUT2D eigenvalue weighted by molar-refractivity contribution is 7.14. The molecule has 32 heavy (non-hydrogen) atoms. The summed E-state index contributed by atoms with van der Waals surface area (Å²) in [4.78, 5) is 51.9. The van der Waals surface area contributed by atoms with Gasteiger partial charge in [-0.05, 0) is 17.7 Å². The van der Waals surface area contributed by atoms with Crippen molar-refractivity contribution < 1.29 is 24.5 Å². The van der Waals surface area contributed by atoms with Crippen LogP contribution < -0.4 is 4.90 Å². The topological polar surface area (TPSA) is 157 Å². The molecule has 1 amide bonds. The van der Waals surface area contributed by atoms with Crippen LogP contribution in [-0.2, 0) is 9.59 Å². The number of amides is 1. The number of aliphatic hydroxyl groups is 1. The number of anilines is 1. The first-order valence-corrected chi connectivity index (χ1v) is 9.87. The number of hydrogen-bond donors (Lipinski definition) is 1. The van der Waals surface area contributed by atoms with Crippen molar-refractivity contribution in [1.29, 1.82) is 0 Å². The summed E-state index contributed by atoms with van der Waals surface area (Å²) in [5.41, 5.74) is -0.498. The lowest BCUT2D eigenvalue weighted by molar-refractivity contribution is -0.385. The fraction of sp³-hybridized carbons (Fsp3) is 0.0500. The van der Waals surface area contributed by atoms with Gasteiger partial charge in [0.15, 0.2) is 5.13 Å². The zero-order valence-corrected chi connectivity index (χ0v) is 16.8. The Morgan fingerprint density at radius 1 is 1.03 bits per heavy atom. The number of carbonyl (C=O) groups excluding carboxylic acids is 2. The molecule has 1 fully saturated rings. The van der Waals surface area contributed by atoms with Gasteiger partial charge >= 0.3 is 5.91 Å². The summed E-state index contributed by atoms with van der Waals surface area (Å²) in [5, 5.41) is 34.8. The van der Waals surface area contributed by atoms with E-state index in [2.05, 4.69) is 4.98 Å². The molecule has 0 aliphatic carbocycles. The Labute approximate surface area is 183 Å². The molecule has 2 heterocycles. The second-order valence-electron chi connectivity index (χ2n) is 6.64. The smallest absolute Gasteiger partial charge is 0.301 e. The molecule has 160 valence electrons. The van der Waals surface area contributed by atoms with Gasteiger partial charge in [0.2, 0.25) is 0 Å². The Morgan fingerprint density at radius 2 is 1.72 bits per heavy atom. The minimum atomic E-state index is -1.18. The van der Waals surface area contributed by atoms with Gasteiger partial charge in [-0.25, -0.2) is 4.98 Å². The first kappa shape index (κ1) is 20.8. The van der Waals surface area contributed by atoms with E-state index in [1.54, 1.807) is 5.38 Å². The number of thiazole rings is 1. The number of Topliss-reactive ketones (excluding diaryl/α,β-unsaturated/α-hetero) is 1. The molecule has 0 spiro atoms. The van der Waals surface area contributed by atoms with Crippen molar-refractivity contribution in [3.63, 3.8) is 0 Å². The molecule has 0 saturated carbocycles. The number of aliphatic hydroxyl groups excluding tert-OH is 1. The fourth-order valence-corrected chi connectivity index (χ4v) is 4.05. The Bertz CT molecular complexity index is 1290. The van der Waals surface area contributed by atoms with E-state index in [1.165, 1.54) is 42.6 Å². The standard InChI is InChI=1S/C20H12N4O7S/c25-17(11-4-6-13(7-5-11)23(28)29)15-16(12-2-1-3-14(10-12)24(30)31)22(19(27)18(15)26)20-21-8-9-32-20/h1-10,16,25H/b17-15+. The molecular formula is C20H12N4O7S. The maximum absolute atomic E-state index is 12.9. The maximum Gasteiger partial charge on any atom is 0.301 e. The van der Waals surface area contributed by atoms with Crippen LogP contribution in [0.4, 0.5) is 16.5 Å². The number of nitro groups is 2. The quantitative estimate of drug-likeness (QED) is 0.202. The van der Waals surface area contributed by atoms with E-state index >= 15 is 0 Å². The summed E-state index contributed by atoms with van der Waals surface area (Å²) >= 11 is 1.08. The summed E-state index contributed by atoms with van der Waals surface area (Å²) in [6.45, 7) is 0. The minimum absolute atomic E-state index is 0.0724. The van der Waals surface area contributed by atoms with Gasteiger partial charge in [0.25, 0.3) is 17.2 Å². The monoisotopic (exact) mass is 452 g/mol. The van der Waals surface area contributed by atoms with Crippen molar-refractivity contribution in [2.24, 2.45) is 0 Å². The van der Waals surface area contributed by atoms with Crippen LogP contribution >= 0.6 is 11.3 Å². The number of hydrogen-bond acceptors (Lipinski definition) is 9. The third kappa shape index (κ3) is 3.48. The van der Waals surface area contributed by atoms with Crippen molar-refractivity contribution in [1.82, 2.24) is 4.98 Å². The van der Waals surface area contributed by atoms with Crippen LogP contribution in [0.25, 0.3) is 5.76 Å². The van der Waals surface area contributed by atoms with Gasteiger partial charge in [-0.2, -0.15) is 0 Å². The first-order chi connectivity index (χ1) is 15.3. The van der Waals surface area contributed by atoms with Crippen LogP contribution in [0.3, 0.4) is 0 Å². The zero-order chi connectivity index (χ0) is 23.0. The Morgan fingerprint density at radius 3 is 2.31 bits per heavy atom. The van der Waals surface area contributed by atoms with Crippen LogP contribution in [0.1, 0.15) is 17.2 Å². The highest BCUT2D eigenvalue weighted by atomic mass is 32.1. The van der Waals surface area contributed by atoms with Gasteiger partial charge in [-0.3, -0.25) is 34.7 Å². The minimum Gasteiger partial charge on any atom is -0.507 e. The summed E-state index contributed by atoms with van der Waals surface area (Å²) in [5.74, 6) is -2.53. The van der Waals surface area contributed by atoms with Gasteiger partial charge in [0.1, 0.15) is 5.76 Å². The van der Waals surface area contributed by atoms with Crippen molar-refractivity contribution in [3.05, 3.63) is 97.0 Å². The summed E-state index contributed by atoms with van der Waals surface area (Å²) < 4.78 is 0. The molecule has 2 aromatic carbocycles. The number of aromatic nitrogens is 1. The number of rotatable bonds is 5. The molecule has 1 unspecified atom stereocenters. The molecule has 1 aromatic heterocycles. The highest BCUT2D eigenvalue weighted by Gasteiger charge is 2.48. The van der Waals surface area contributed by atoms with E-state index in [0.717, 1.165) is 28.4 Å². The maximum atomic E-state index is 12.9. The van der Waals surface area contributed by atoms with Gasteiger partial charge in [-0.15, -0.1) is 11.3 Å². The molecule has 1 aliphatic rings. The lowest BCUT2D eigenvalue weighted by Gasteiger charge is -2.22. The third-order valence-corrected chi connectivity index (χ3v) is 5.59. The molecule has 3 aromatic rings. The van der Waals surface area contributed by atoms with Crippen molar-refractivity contribution in [2.45, 2.75) is 6.04 Å². The van der Waals surface area contributed by atoms with Crippen LogP contribution in [0, 0.1) is 20.2 Å². The van der Waals surface area contributed by atoms with Gasteiger partial charge in [-0.1, -0.05) is 12.1 Å². The number of nitrogens with zero attached hydrogens (tertiary/aromatic N) is 4. The molecule has 1 N–H and O–H groups in total. The van der Waals surface area contributed by atoms with Crippen molar-refractivity contribution in [2.75, 3.05) is 4.90 Å². The normalized spacial score (nSPS) is 17.5. The molecular weight excluding hydrogens is 440 g/mol. The second kappa shape index (κ2) is 8.00. The SMILES string of the molecule is O=C1C(=O)N(c2nccs2)C(c2cccc([N+](=O)[O-])c2)/C1=C(\O)c1ccc([N+](=O)[O-])cc1. The lowest BCUT2D eigenvalue weighted by Crippen LogP contribution is -2.29. The van der Waals surface area contributed by atoms with E-state index in [1.807, 2.05) is 0 Å². The molecule has 0 bridgehead atoms. The number of non-ortho nitro benzene ring substituents is 2. The summed E-state index contributed by atoms with van der Waals surface area (Å²) in [6.07, 6.45) is 1.43. The Balaban J connectivity index is 1.92. The van der Waals surface area contributed by atoms with Crippen molar-refractivity contribution in [3.8, 4) is 0 Å². The molecule has 11 nitrogen and oxygen atoms in total. The van der Waals surface area contributed by atoms with Crippen LogP contribution in [0.2, 0.25) is 0 Å². The first-order valence-electron chi connectivity index (χ1n) is 8.99. The number of ketones is 1. The van der Waals surface area contributed by atoms with E-state index in [-0.39, 0.29) is 33.2 Å². The molecule has 1 aliphatic heterocycles. The predicted octanol–water partition coefficient (Wildman–Crippen LogP) is 3.59. The van der Waals surface area contributed by atoms with Gasteiger partial charge < -0.3 is 5.11 Å². The molecule has 1 atom stereocenters. The summed E-state index contributed by atoms with van der Waals surface area (Å²) in [6, 6.07) is 8.97. The number of nitro benzene ring substituents is 2. The van der Waals surface area contributed by atoms with Crippen molar-refractivity contribution >= 4 is 45.3 Å².